The molecule has 1 fully saturated rings. The SMILES string of the molecule is COC(=O)C(N=C1CC(O)(C(F)(F)F)ON1)c1ccccc1. The highest BCUT2D eigenvalue weighted by molar-refractivity contribution is 5.87. The number of rotatable bonds is 3. The van der Waals surface area contributed by atoms with Gasteiger partial charge in [0.25, 0.3) is 5.79 Å². The van der Waals surface area contributed by atoms with Crippen LogP contribution < -0.4 is 5.48 Å². The Labute approximate surface area is 123 Å². The number of esters is 1. The summed E-state index contributed by atoms with van der Waals surface area (Å²) in [6.45, 7) is 0. The van der Waals surface area contributed by atoms with Crippen molar-refractivity contribution in [1.29, 1.82) is 0 Å². The fourth-order valence-corrected chi connectivity index (χ4v) is 1.84. The number of nitrogens with one attached hydrogen (secondary N) is 1. The average molecular weight is 318 g/mol. The molecule has 1 heterocycles. The van der Waals surface area contributed by atoms with Gasteiger partial charge in [0, 0.05) is 0 Å². The minimum absolute atomic E-state index is 0.306. The van der Waals surface area contributed by atoms with Crippen molar-refractivity contribution >= 4 is 11.8 Å². The van der Waals surface area contributed by atoms with Crippen LogP contribution in [0.15, 0.2) is 35.3 Å². The van der Waals surface area contributed by atoms with E-state index in [-0.39, 0.29) is 5.84 Å². The first-order valence-corrected chi connectivity index (χ1v) is 6.19. The number of hydrogen-bond donors (Lipinski definition) is 2. The lowest BCUT2D eigenvalue weighted by Crippen LogP contribution is -2.45. The molecule has 6 nitrogen and oxygen atoms in total. The molecule has 0 amide bonds. The van der Waals surface area contributed by atoms with Crippen molar-refractivity contribution in [3.05, 3.63) is 35.9 Å². The van der Waals surface area contributed by atoms with E-state index in [1.807, 2.05) is 5.48 Å². The largest absolute Gasteiger partial charge is 0.467 e. The van der Waals surface area contributed by atoms with E-state index >= 15 is 0 Å². The number of carbonyl (C=O) groups excluding carboxylic acids is 1. The zero-order valence-electron chi connectivity index (χ0n) is 11.4. The number of alkyl halides is 3. The summed E-state index contributed by atoms with van der Waals surface area (Å²) in [6.07, 6.45) is -5.94. The van der Waals surface area contributed by atoms with E-state index in [1.54, 1.807) is 30.3 Å². The second-order valence-electron chi connectivity index (χ2n) is 4.58. The van der Waals surface area contributed by atoms with Crippen molar-refractivity contribution < 1.29 is 32.6 Å². The molecular formula is C13H13F3N2O4. The van der Waals surface area contributed by atoms with E-state index < -0.39 is 30.4 Å². The van der Waals surface area contributed by atoms with Crippen molar-refractivity contribution in [1.82, 2.24) is 5.48 Å². The molecule has 2 N–H and O–H groups in total. The van der Waals surface area contributed by atoms with Crippen LogP contribution in [0.3, 0.4) is 0 Å². The monoisotopic (exact) mass is 318 g/mol. The lowest BCUT2D eigenvalue weighted by molar-refractivity contribution is -0.361. The Morgan fingerprint density at radius 3 is 2.59 bits per heavy atom. The summed E-state index contributed by atoms with van der Waals surface area (Å²) in [5.74, 6) is -4.43. The summed E-state index contributed by atoms with van der Waals surface area (Å²) in [7, 11) is 1.14. The Morgan fingerprint density at radius 2 is 2.09 bits per heavy atom. The number of methoxy groups -OCH3 is 1. The molecule has 2 unspecified atom stereocenters. The number of aliphatic imine (C=N–C) groups is 1. The van der Waals surface area contributed by atoms with Crippen LogP contribution in [0.2, 0.25) is 0 Å². The minimum Gasteiger partial charge on any atom is -0.467 e. The third kappa shape index (κ3) is 3.20. The van der Waals surface area contributed by atoms with E-state index in [1.165, 1.54) is 0 Å². The summed E-state index contributed by atoms with van der Waals surface area (Å²) in [5, 5.41) is 9.37. The van der Waals surface area contributed by atoms with Crippen LogP contribution in [0.1, 0.15) is 18.0 Å². The van der Waals surface area contributed by atoms with Crippen LogP contribution >= 0.6 is 0 Å². The number of nitrogens with zero attached hydrogens (tertiary/aromatic N) is 1. The molecule has 2 rings (SSSR count). The second kappa shape index (κ2) is 5.93. The van der Waals surface area contributed by atoms with Gasteiger partial charge in [-0.15, -0.1) is 0 Å². The number of aliphatic hydroxyl groups is 1. The van der Waals surface area contributed by atoms with Crippen molar-refractivity contribution in [2.45, 2.75) is 24.4 Å². The van der Waals surface area contributed by atoms with Gasteiger partial charge < -0.3 is 9.84 Å². The highest BCUT2D eigenvalue weighted by Gasteiger charge is 2.60. The number of ether oxygens (including phenoxy) is 1. The van der Waals surface area contributed by atoms with Gasteiger partial charge in [0.2, 0.25) is 0 Å². The fourth-order valence-electron chi connectivity index (χ4n) is 1.84. The average Bonchev–Trinajstić information content (AvgIpc) is 2.87. The highest BCUT2D eigenvalue weighted by atomic mass is 19.4. The standard InChI is InChI=1S/C13H13F3N2O4/c1-21-11(19)10(8-5-3-2-4-6-8)17-9-7-12(20,22-18-9)13(14,15)16/h2-6,10,20H,7H2,1H3,(H,17,18). The lowest BCUT2D eigenvalue weighted by Gasteiger charge is -2.21. The fraction of sp³-hybridized carbons (Fsp3) is 0.385. The number of hydroxylamine groups is 1. The minimum atomic E-state index is -5.00. The molecule has 0 radical (unpaired) electrons. The maximum Gasteiger partial charge on any atom is 0.445 e. The van der Waals surface area contributed by atoms with E-state index in [0.29, 0.717) is 5.56 Å². The van der Waals surface area contributed by atoms with Gasteiger partial charge in [0.1, 0.15) is 5.84 Å². The van der Waals surface area contributed by atoms with Crippen LogP contribution in [-0.2, 0) is 14.4 Å². The van der Waals surface area contributed by atoms with E-state index in [2.05, 4.69) is 14.6 Å². The van der Waals surface area contributed by atoms with Crippen LogP contribution in [0.25, 0.3) is 0 Å². The molecule has 2 atom stereocenters. The van der Waals surface area contributed by atoms with Crippen LogP contribution in [0.5, 0.6) is 0 Å². The molecule has 0 bridgehead atoms. The molecule has 1 aliphatic heterocycles. The van der Waals surface area contributed by atoms with Crippen molar-refractivity contribution in [3.63, 3.8) is 0 Å². The van der Waals surface area contributed by atoms with Gasteiger partial charge in [-0.25, -0.2) is 15.1 Å². The Kier molecular flexibility index (Phi) is 4.38. The molecule has 1 aliphatic rings. The number of benzene rings is 1. The maximum atomic E-state index is 12.6. The Balaban J connectivity index is 2.27. The molecule has 1 aromatic rings. The smallest absolute Gasteiger partial charge is 0.445 e. The maximum absolute atomic E-state index is 12.6. The molecule has 0 saturated carbocycles. The van der Waals surface area contributed by atoms with E-state index in [9.17, 15) is 23.1 Å². The topological polar surface area (TPSA) is 80.2 Å². The molecule has 0 aliphatic carbocycles. The van der Waals surface area contributed by atoms with Gasteiger partial charge in [-0.1, -0.05) is 30.3 Å². The summed E-state index contributed by atoms with van der Waals surface area (Å²) in [5.41, 5.74) is 2.34. The summed E-state index contributed by atoms with van der Waals surface area (Å²) >= 11 is 0. The van der Waals surface area contributed by atoms with Crippen LogP contribution in [-0.4, -0.2) is 36.0 Å². The molecule has 1 aromatic carbocycles. The molecule has 0 aromatic heterocycles. The number of amidine groups is 1. The van der Waals surface area contributed by atoms with Gasteiger partial charge >= 0.3 is 12.1 Å². The zero-order chi connectivity index (χ0) is 16.4. The molecule has 9 heteroatoms. The molecular weight excluding hydrogens is 305 g/mol. The van der Waals surface area contributed by atoms with Crippen LogP contribution in [0, 0.1) is 0 Å². The first-order valence-electron chi connectivity index (χ1n) is 6.19. The summed E-state index contributed by atoms with van der Waals surface area (Å²) < 4.78 is 42.5. The van der Waals surface area contributed by atoms with Gasteiger partial charge in [0.15, 0.2) is 6.04 Å². The van der Waals surface area contributed by atoms with Gasteiger partial charge in [-0.3, -0.25) is 4.99 Å². The third-order valence-electron chi connectivity index (χ3n) is 3.01. The predicted molar refractivity (Wildman–Crippen MR) is 68.5 cm³/mol. The molecule has 120 valence electrons. The summed E-state index contributed by atoms with van der Waals surface area (Å²) in [4.78, 5) is 19.8. The Morgan fingerprint density at radius 1 is 1.45 bits per heavy atom. The molecule has 1 saturated heterocycles. The van der Waals surface area contributed by atoms with Crippen molar-refractivity contribution in [2.24, 2.45) is 4.99 Å². The van der Waals surface area contributed by atoms with Crippen molar-refractivity contribution in [2.75, 3.05) is 7.11 Å². The first-order chi connectivity index (χ1) is 10.3. The zero-order valence-corrected chi connectivity index (χ0v) is 11.4. The van der Waals surface area contributed by atoms with Gasteiger partial charge in [0.05, 0.1) is 13.5 Å². The van der Waals surface area contributed by atoms with Crippen LogP contribution in [0.4, 0.5) is 13.2 Å². The quantitative estimate of drug-likeness (QED) is 0.825. The lowest BCUT2D eigenvalue weighted by atomic mass is 10.1. The first kappa shape index (κ1) is 16.2. The number of hydrogen-bond acceptors (Lipinski definition) is 5. The Hall–Kier alpha value is -2.13. The number of halogens is 3. The predicted octanol–water partition coefficient (Wildman–Crippen LogP) is 1.47. The van der Waals surface area contributed by atoms with Crippen molar-refractivity contribution in [3.8, 4) is 0 Å². The number of carbonyl (C=O) groups is 1. The normalized spacial score (nSPS) is 24.9. The third-order valence-corrected chi connectivity index (χ3v) is 3.01. The molecule has 0 spiro atoms. The van der Waals surface area contributed by atoms with Gasteiger partial charge in [-0.2, -0.15) is 13.2 Å². The highest BCUT2D eigenvalue weighted by Crippen LogP contribution is 2.36. The van der Waals surface area contributed by atoms with E-state index in [0.717, 1.165) is 7.11 Å². The van der Waals surface area contributed by atoms with Gasteiger partial charge in [-0.05, 0) is 5.56 Å². The summed E-state index contributed by atoms with van der Waals surface area (Å²) in [6, 6.07) is 7.01. The second-order valence-corrected chi connectivity index (χ2v) is 4.58. The van der Waals surface area contributed by atoms with E-state index in [4.69, 9.17) is 0 Å². The Bertz CT molecular complexity index is 576. The molecule has 22 heavy (non-hydrogen) atoms.